The molecule has 16 heteroatoms. The molecule has 2 aliphatic heterocycles. The van der Waals surface area contributed by atoms with Crippen LogP contribution in [0.4, 0.5) is 0 Å². The van der Waals surface area contributed by atoms with Gasteiger partial charge in [-0.15, -0.1) is 0 Å². The highest BCUT2D eigenvalue weighted by molar-refractivity contribution is 5.98. The summed E-state index contributed by atoms with van der Waals surface area (Å²) in [5.41, 5.74) is 0.782. The van der Waals surface area contributed by atoms with Gasteiger partial charge in [-0.05, 0) is 24.6 Å². The number of carbonyl (C=O) groups is 3. The van der Waals surface area contributed by atoms with Gasteiger partial charge in [0.15, 0.2) is 6.29 Å². The van der Waals surface area contributed by atoms with Gasteiger partial charge in [-0.2, -0.15) is 0 Å². The van der Waals surface area contributed by atoms with Gasteiger partial charge in [0.1, 0.15) is 55.6 Å². The third kappa shape index (κ3) is 8.54. The number of amides is 2. The summed E-state index contributed by atoms with van der Waals surface area (Å²) in [6, 6.07) is 5.21. The third-order valence-corrected chi connectivity index (χ3v) is 7.69. The summed E-state index contributed by atoms with van der Waals surface area (Å²) >= 11 is 0. The largest absolute Gasteiger partial charge is 0.456 e. The van der Waals surface area contributed by atoms with Gasteiger partial charge >= 0.3 is 5.97 Å². The van der Waals surface area contributed by atoms with Crippen molar-refractivity contribution in [2.24, 2.45) is 0 Å². The van der Waals surface area contributed by atoms with Crippen molar-refractivity contribution in [2.75, 3.05) is 33.2 Å². The summed E-state index contributed by atoms with van der Waals surface area (Å²) in [4.78, 5) is 38.9. The molecule has 0 spiro atoms. The smallest absolute Gasteiger partial charge is 0.339 e. The topological polar surface area (TPSA) is 243 Å². The van der Waals surface area contributed by atoms with E-state index in [1.807, 2.05) is 0 Å². The lowest BCUT2D eigenvalue weighted by Crippen LogP contribution is -2.59. The van der Waals surface area contributed by atoms with Crippen LogP contribution in [0.15, 0.2) is 42.0 Å². The zero-order chi connectivity index (χ0) is 33.4. The molecule has 3 aliphatic rings. The van der Waals surface area contributed by atoms with Crippen molar-refractivity contribution in [1.82, 2.24) is 10.6 Å². The number of aliphatic hydroxyl groups is 6. The minimum atomic E-state index is -1.58. The number of esters is 1. The summed E-state index contributed by atoms with van der Waals surface area (Å²) in [5.74, 6) is -2.08. The molecule has 0 aromatic heterocycles. The van der Waals surface area contributed by atoms with Crippen LogP contribution in [0.3, 0.4) is 0 Å². The highest BCUT2D eigenvalue weighted by Gasteiger charge is 2.44. The molecule has 16 nitrogen and oxygen atoms in total. The van der Waals surface area contributed by atoms with Crippen LogP contribution in [0.1, 0.15) is 29.3 Å². The number of nitrogens with one attached hydrogen (secondary N) is 2. The normalized spacial score (nSPS) is 30.6. The Balaban J connectivity index is 1.40. The van der Waals surface area contributed by atoms with E-state index in [1.165, 1.54) is 25.1 Å². The van der Waals surface area contributed by atoms with Gasteiger partial charge in [0.25, 0.3) is 0 Å². The average molecular weight is 653 g/mol. The minimum absolute atomic E-state index is 0.0600. The van der Waals surface area contributed by atoms with E-state index < -0.39 is 85.6 Å². The molecule has 2 heterocycles. The maximum atomic E-state index is 13.4. The number of hydrogen-bond acceptors (Lipinski definition) is 14. The summed E-state index contributed by atoms with van der Waals surface area (Å²) in [6.45, 7) is 0.138. The molecule has 0 unspecified atom stereocenters. The summed E-state index contributed by atoms with van der Waals surface area (Å²) in [6.07, 6.45) is -6.14. The van der Waals surface area contributed by atoms with Crippen LogP contribution in [0.2, 0.25) is 0 Å². The van der Waals surface area contributed by atoms with Gasteiger partial charge in [-0.1, -0.05) is 30.4 Å². The van der Waals surface area contributed by atoms with Gasteiger partial charge in [0.2, 0.25) is 11.8 Å². The van der Waals surface area contributed by atoms with Crippen molar-refractivity contribution in [3.05, 3.63) is 53.1 Å². The molecule has 1 aromatic carbocycles. The Bertz CT molecular complexity index is 1270. The molecule has 8 N–H and O–H groups in total. The van der Waals surface area contributed by atoms with Crippen LogP contribution >= 0.6 is 0 Å². The molecule has 10 atom stereocenters. The third-order valence-electron chi connectivity index (χ3n) is 7.69. The standard InChI is InChI=1S/C30H40N2O14/c1-15(35)22(28(40)31-8-9-33)32-27(39)17-11-19-26(44-14-43-19)20(12-17)45-29(41)18-7-3-2-5-16(18)6-4-10-42-30-25(38)24(37)23(36)21(13-34)46-30/h2-7,11,15,19-26,30,33-38H,8-10,12-14H2,1H3,(H,31,40)(H,32,39)/t15-,19+,20+,21+,22+,23-,24-,25+,26+,30-/m0/s1. The van der Waals surface area contributed by atoms with Crippen molar-refractivity contribution in [3.8, 4) is 0 Å². The quantitative estimate of drug-likeness (QED) is 0.0997. The van der Waals surface area contributed by atoms with E-state index in [9.17, 15) is 39.9 Å². The number of aliphatic hydroxyl groups excluding tert-OH is 6. The van der Waals surface area contributed by atoms with Crippen molar-refractivity contribution in [3.63, 3.8) is 0 Å². The van der Waals surface area contributed by atoms with E-state index in [0.717, 1.165) is 0 Å². The molecular formula is C30H40N2O14. The second-order valence-electron chi connectivity index (χ2n) is 10.9. The average Bonchev–Trinajstić information content (AvgIpc) is 3.53. The second-order valence-corrected chi connectivity index (χ2v) is 10.9. The molecule has 0 bridgehead atoms. The monoisotopic (exact) mass is 652 g/mol. The fraction of sp³-hybridized carbons (Fsp3) is 0.567. The Morgan fingerprint density at radius 2 is 1.85 bits per heavy atom. The molecule has 46 heavy (non-hydrogen) atoms. The molecule has 1 aromatic rings. The van der Waals surface area contributed by atoms with E-state index in [1.54, 1.807) is 24.3 Å². The number of carbonyl (C=O) groups excluding carboxylic acids is 3. The van der Waals surface area contributed by atoms with Gasteiger partial charge in [-0.25, -0.2) is 4.79 Å². The Kier molecular flexibility index (Phi) is 12.8. The Hall–Kier alpha value is -3.29. The second kappa shape index (κ2) is 16.5. The lowest BCUT2D eigenvalue weighted by atomic mass is 9.91. The van der Waals surface area contributed by atoms with Gasteiger partial charge in [-0.3, -0.25) is 9.59 Å². The van der Waals surface area contributed by atoms with E-state index >= 15 is 0 Å². The van der Waals surface area contributed by atoms with Crippen molar-refractivity contribution >= 4 is 23.9 Å². The summed E-state index contributed by atoms with van der Waals surface area (Å²) in [7, 11) is 0. The Labute approximate surface area is 264 Å². The maximum Gasteiger partial charge on any atom is 0.339 e. The number of ether oxygens (including phenoxy) is 5. The molecule has 4 rings (SSSR count). The molecular weight excluding hydrogens is 612 g/mol. The van der Waals surface area contributed by atoms with Gasteiger partial charge in [0.05, 0.1) is 31.5 Å². The predicted molar refractivity (Wildman–Crippen MR) is 155 cm³/mol. The van der Waals surface area contributed by atoms with Gasteiger partial charge in [0, 0.05) is 18.5 Å². The highest BCUT2D eigenvalue weighted by Crippen LogP contribution is 2.31. The number of benzene rings is 1. The molecule has 2 amide bonds. The molecule has 1 aliphatic carbocycles. The SMILES string of the molecule is C[C@H](O)[C@@H](NC(=O)C1=C[C@H]2OCO[C@H]2[C@H](OC(=O)c2ccccc2C=CCO[C@H]2O[C@H](CO)[C@H](O)[C@H](O)[C@H]2O)C1)C(=O)NCCO. The van der Waals surface area contributed by atoms with E-state index in [0.29, 0.717) is 5.56 Å². The van der Waals surface area contributed by atoms with E-state index in [4.69, 9.17) is 28.8 Å². The Morgan fingerprint density at radius 3 is 2.57 bits per heavy atom. The lowest BCUT2D eigenvalue weighted by molar-refractivity contribution is -0.298. The first-order chi connectivity index (χ1) is 22.0. The first-order valence-electron chi connectivity index (χ1n) is 14.8. The minimum Gasteiger partial charge on any atom is -0.456 e. The van der Waals surface area contributed by atoms with Crippen LogP contribution in [-0.2, 0) is 33.3 Å². The maximum absolute atomic E-state index is 13.4. The van der Waals surface area contributed by atoms with Crippen LogP contribution in [0, 0.1) is 0 Å². The zero-order valence-electron chi connectivity index (χ0n) is 25.0. The molecule has 0 radical (unpaired) electrons. The van der Waals surface area contributed by atoms with Crippen molar-refractivity contribution in [1.29, 1.82) is 0 Å². The van der Waals surface area contributed by atoms with Crippen LogP contribution < -0.4 is 10.6 Å². The highest BCUT2D eigenvalue weighted by atomic mass is 16.7. The summed E-state index contributed by atoms with van der Waals surface area (Å²) < 4.78 is 27.8. The molecule has 2 fully saturated rings. The summed E-state index contributed by atoms with van der Waals surface area (Å²) in [5, 5.41) is 63.2. The molecule has 254 valence electrons. The van der Waals surface area contributed by atoms with Crippen LogP contribution in [0.25, 0.3) is 6.08 Å². The van der Waals surface area contributed by atoms with Gasteiger partial charge < -0.3 is 65.0 Å². The first-order valence-corrected chi connectivity index (χ1v) is 14.8. The fourth-order valence-electron chi connectivity index (χ4n) is 5.21. The zero-order valence-corrected chi connectivity index (χ0v) is 25.0. The predicted octanol–water partition coefficient (Wildman–Crippen LogP) is -2.91. The Morgan fingerprint density at radius 1 is 1.09 bits per heavy atom. The van der Waals surface area contributed by atoms with Crippen LogP contribution in [0.5, 0.6) is 0 Å². The van der Waals surface area contributed by atoms with E-state index in [2.05, 4.69) is 10.6 Å². The fourth-order valence-corrected chi connectivity index (χ4v) is 5.21. The molecule has 0 saturated carbocycles. The van der Waals surface area contributed by atoms with E-state index in [-0.39, 0.29) is 44.1 Å². The number of hydrogen-bond donors (Lipinski definition) is 8. The van der Waals surface area contributed by atoms with Crippen LogP contribution in [-0.4, -0.2) is 143 Å². The van der Waals surface area contributed by atoms with Crippen molar-refractivity contribution < 1.29 is 68.7 Å². The number of rotatable bonds is 13. The number of fused-ring (bicyclic) bond motifs is 1. The lowest BCUT2D eigenvalue weighted by Gasteiger charge is -2.39. The first kappa shape index (κ1) is 35.6. The molecule has 2 saturated heterocycles. The van der Waals surface area contributed by atoms with Crippen molar-refractivity contribution in [2.45, 2.75) is 74.5 Å².